The summed E-state index contributed by atoms with van der Waals surface area (Å²) in [6.07, 6.45) is 2.36. The predicted molar refractivity (Wildman–Crippen MR) is 60.8 cm³/mol. The lowest BCUT2D eigenvalue weighted by Gasteiger charge is -1.97. The molecule has 1 aliphatic carbocycles. The van der Waals surface area contributed by atoms with Crippen molar-refractivity contribution >= 4 is 17.4 Å². The Labute approximate surface area is 96.4 Å². The van der Waals surface area contributed by atoms with Crippen LogP contribution in [-0.4, -0.2) is 23.3 Å². The number of rotatable bonds is 4. The van der Waals surface area contributed by atoms with E-state index in [1.165, 1.54) is 24.2 Å². The van der Waals surface area contributed by atoms with Gasteiger partial charge in [0.05, 0.1) is 7.11 Å². The Kier molecular flexibility index (Phi) is 2.28. The van der Waals surface area contributed by atoms with Crippen LogP contribution in [0.4, 0.5) is 6.01 Å². The molecule has 6 heteroatoms. The Balaban J connectivity index is 1.85. The number of nitrogens with one attached hydrogen (secondary N) is 1. The number of nitrogens with zero attached hydrogens (tertiary/aromatic N) is 2. The number of thiophene rings is 1. The number of hydrogen-bond acceptors (Lipinski definition) is 6. The standard InChI is InChI=1S/C10H11N3O2S/c1-14-7-4-5-16-8(7)9-12-13-10(15-9)11-6-2-3-6/h4-6H,2-3H2,1H3,(H,11,13). The fraction of sp³-hybridized carbons (Fsp3) is 0.400. The highest BCUT2D eigenvalue weighted by molar-refractivity contribution is 7.13. The third-order valence-corrected chi connectivity index (χ3v) is 3.26. The van der Waals surface area contributed by atoms with Gasteiger partial charge >= 0.3 is 6.01 Å². The summed E-state index contributed by atoms with van der Waals surface area (Å²) >= 11 is 1.53. The van der Waals surface area contributed by atoms with E-state index in [0.717, 1.165) is 10.6 Å². The van der Waals surface area contributed by atoms with E-state index in [1.807, 2.05) is 11.4 Å². The number of anilines is 1. The van der Waals surface area contributed by atoms with Crippen molar-refractivity contribution in [2.45, 2.75) is 18.9 Å². The molecule has 0 atom stereocenters. The van der Waals surface area contributed by atoms with Crippen LogP contribution in [0.1, 0.15) is 12.8 Å². The summed E-state index contributed by atoms with van der Waals surface area (Å²) in [5, 5.41) is 13.0. The highest BCUT2D eigenvalue weighted by atomic mass is 32.1. The second kappa shape index (κ2) is 3.79. The molecule has 2 heterocycles. The van der Waals surface area contributed by atoms with Gasteiger partial charge in [0.2, 0.25) is 0 Å². The smallest absolute Gasteiger partial charge is 0.315 e. The quantitative estimate of drug-likeness (QED) is 0.884. The maximum Gasteiger partial charge on any atom is 0.315 e. The van der Waals surface area contributed by atoms with Crippen molar-refractivity contribution < 1.29 is 9.15 Å². The van der Waals surface area contributed by atoms with Crippen molar-refractivity contribution in [2.24, 2.45) is 0 Å². The molecule has 1 saturated carbocycles. The summed E-state index contributed by atoms with van der Waals surface area (Å²) in [6.45, 7) is 0. The summed E-state index contributed by atoms with van der Waals surface area (Å²) < 4.78 is 10.7. The van der Waals surface area contributed by atoms with Crippen LogP contribution in [0.2, 0.25) is 0 Å². The minimum atomic E-state index is 0.493. The number of hydrogen-bond donors (Lipinski definition) is 1. The zero-order valence-corrected chi connectivity index (χ0v) is 9.58. The first-order valence-corrected chi connectivity index (χ1v) is 5.96. The van der Waals surface area contributed by atoms with E-state index in [1.54, 1.807) is 7.11 Å². The topological polar surface area (TPSA) is 60.2 Å². The summed E-state index contributed by atoms with van der Waals surface area (Å²) in [6, 6.07) is 2.89. The van der Waals surface area contributed by atoms with E-state index in [4.69, 9.17) is 9.15 Å². The molecular formula is C10H11N3O2S. The molecule has 0 saturated heterocycles. The molecule has 3 rings (SSSR count). The molecule has 0 aromatic carbocycles. The summed E-state index contributed by atoms with van der Waals surface area (Å²) in [7, 11) is 1.63. The molecule has 5 nitrogen and oxygen atoms in total. The van der Waals surface area contributed by atoms with Gasteiger partial charge in [-0.05, 0) is 24.3 Å². The van der Waals surface area contributed by atoms with Gasteiger partial charge in [-0.1, -0.05) is 5.10 Å². The van der Waals surface area contributed by atoms with Gasteiger partial charge in [0.1, 0.15) is 10.6 Å². The Hall–Kier alpha value is -1.56. The molecule has 0 aliphatic heterocycles. The molecule has 1 N–H and O–H groups in total. The van der Waals surface area contributed by atoms with Crippen LogP contribution >= 0.6 is 11.3 Å². The number of ether oxygens (including phenoxy) is 1. The number of aromatic nitrogens is 2. The van der Waals surface area contributed by atoms with Crippen LogP contribution in [0.25, 0.3) is 10.8 Å². The van der Waals surface area contributed by atoms with Crippen LogP contribution < -0.4 is 10.1 Å². The summed E-state index contributed by atoms with van der Waals surface area (Å²) in [5.41, 5.74) is 0. The SMILES string of the molecule is COc1ccsc1-c1nnc(NC2CC2)o1. The third-order valence-electron chi connectivity index (χ3n) is 2.37. The van der Waals surface area contributed by atoms with Crippen molar-refractivity contribution in [1.29, 1.82) is 0 Å². The van der Waals surface area contributed by atoms with Gasteiger partial charge in [0.25, 0.3) is 5.89 Å². The third kappa shape index (κ3) is 1.76. The largest absolute Gasteiger partial charge is 0.495 e. The Bertz CT molecular complexity index is 490. The first kappa shape index (κ1) is 9.65. The van der Waals surface area contributed by atoms with Crippen molar-refractivity contribution in [3.63, 3.8) is 0 Å². The van der Waals surface area contributed by atoms with Crippen LogP contribution in [0.3, 0.4) is 0 Å². The van der Waals surface area contributed by atoms with Crippen molar-refractivity contribution in [2.75, 3.05) is 12.4 Å². The minimum absolute atomic E-state index is 0.493. The molecule has 2 aromatic heterocycles. The van der Waals surface area contributed by atoms with E-state index in [9.17, 15) is 0 Å². The van der Waals surface area contributed by atoms with Crippen molar-refractivity contribution in [3.8, 4) is 16.5 Å². The van der Waals surface area contributed by atoms with Crippen LogP contribution in [0.5, 0.6) is 5.75 Å². The molecule has 1 aliphatic rings. The van der Waals surface area contributed by atoms with Gasteiger partial charge in [-0.25, -0.2) is 0 Å². The van der Waals surface area contributed by atoms with E-state index in [0.29, 0.717) is 17.9 Å². The minimum Gasteiger partial charge on any atom is -0.495 e. The van der Waals surface area contributed by atoms with Gasteiger partial charge < -0.3 is 14.5 Å². The monoisotopic (exact) mass is 237 g/mol. The van der Waals surface area contributed by atoms with Gasteiger partial charge in [-0.15, -0.1) is 16.4 Å². The first-order chi connectivity index (χ1) is 7.86. The lowest BCUT2D eigenvalue weighted by molar-refractivity contribution is 0.416. The molecule has 0 radical (unpaired) electrons. The van der Waals surface area contributed by atoms with Gasteiger partial charge in [0, 0.05) is 6.04 Å². The van der Waals surface area contributed by atoms with Gasteiger partial charge in [-0.3, -0.25) is 0 Å². The molecule has 1 fully saturated rings. The van der Waals surface area contributed by atoms with E-state index in [2.05, 4.69) is 15.5 Å². The number of methoxy groups -OCH3 is 1. The fourth-order valence-corrected chi connectivity index (χ4v) is 2.17. The lowest BCUT2D eigenvalue weighted by atomic mass is 10.4. The first-order valence-electron chi connectivity index (χ1n) is 5.08. The molecule has 0 spiro atoms. The molecule has 0 bridgehead atoms. The van der Waals surface area contributed by atoms with Gasteiger partial charge in [0.15, 0.2) is 0 Å². The van der Waals surface area contributed by atoms with E-state index in [-0.39, 0.29) is 0 Å². The molecule has 16 heavy (non-hydrogen) atoms. The van der Waals surface area contributed by atoms with Gasteiger partial charge in [-0.2, -0.15) is 0 Å². The predicted octanol–water partition coefficient (Wildman–Crippen LogP) is 2.38. The Morgan fingerprint density at radius 2 is 2.38 bits per heavy atom. The molecule has 0 unspecified atom stereocenters. The van der Waals surface area contributed by atoms with Crippen molar-refractivity contribution in [3.05, 3.63) is 11.4 Å². The summed E-state index contributed by atoms with van der Waals surface area (Å²) in [4.78, 5) is 0.874. The Morgan fingerprint density at radius 3 is 3.12 bits per heavy atom. The van der Waals surface area contributed by atoms with E-state index < -0.39 is 0 Å². The van der Waals surface area contributed by atoms with Crippen LogP contribution in [-0.2, 0) is 0 Å². The highest BCUT2D eigenvalue weighted by Crippen LogP contribution is 2.35. The van der Waals surface area contributed by atoms with Crippen LogP contribution in [0, 0.1) is 0 Å². The highest BCUT2D eigenvalue weighted by Gasteiger charge is 2.24. The zero-order chi connectivity index (χ0) is 11.0. The average Bonchev–Trinajstić information content (AvgIpc) is 2.82. The van der Waals surface area contributed by atoms with Crippen molar-refractivity contribution in [1.82, 2.24) is 10.2 Å². The maximum absolute atomic E-state index is 5.52. The normalized spacial score (nSPS) is 15.1. The summed E-state index contributed by atoms with van der Waals surface area (Å²) in [5.74, 6) is 1.28. The molecular weight excluding hydrogens is 226 g/mol. The van der Waals surface area contributed by atoms with E-state index >= 15 is 0 Å². The average molecular weight is 237 g/mol. The molecule has 0 amide bonds. The molecule has 2 aromatic rings. The molecule has 84 valence electrons. The lowest BCUT2D eigenvalue weighted by Crippen LogP contribution is -2.00. The van der Waals surface area contributed by atoms with Crippen LogP contribution in [0.15, 0.2) is 15.9 Å². The second-order valence-corrected chi connectivity index (χ2v) is 4.57. The second-order valence-electron chi connectivity index (χ2n) is 3.65. The fourth-order valence-electron chi connectivity index (χ4n) is 1.39. The Morgan fingerprint density at radius 1 is 1.50 bits per heavy atom. The maximum atomic E-state index is 5.52. The zero-order valence-electron chi connectivity index (χ0n) is 8.77.